The van der Waals surface area contributed by atoms with Crippen molar-refractivity contribution in [3.63, 3.8) is 0 Å². The van der Waals surface area contributed by atoms with Gasteiger partial charge in [-0.1, -0.05) is 41.9 Å². The molecule has 0 aliphatic carbocycles. The number of aliphatic hydroxyl groups excluding tert-OH is 1. The predicted molar refractivity (Wildman–Crippen MR) is 85.0 cm³/mol. The lowest BCUT2D eigenvalue weighted by atomic mass is 9.88. The molecule has 2 nitrogen and oxygen atoms in total. The molecule has 3 rings (SSSR count). The number of halogens is 2. The van der Waals surface area contributed by atoms with Gasteiger partial charge in [0, 0.05) is 4.47 Å². The number of aliphatic hydroxyl groups is 1. The van der Waals surface area contributed by atoms with E-state index < -0.39 is 6.10 Å². The molecule has 1 aliphatic heterocycles. The molecule has 2 atom stereocenters. The minimum Gasteiger partial charge on any atom is -0.386 e. The van der Waals surface area contributed by atoms with E-state index in [1.54, 1.807) is 6.07 Å². The van der Waals surface area contributed by atoms with Crippen LogP contribution in [0.5, 0.6) is 0 Å². The third-order valence-corrected chi connectivity index (χ3v) is 4.96. The summed E-state index contributed by atoms with van der Waals surface area (Å²) >= 11 is 9.41. The van der Waals surface area contributed by atoms with Crippen LogP contribution in [0.25, 0.3) is 0 Å². The zero-order valence-corrected chi connectivity index (χ0v) is 13.2. The molecule has 0 saturated heterocycles. The van der Waals surface area contributed by atoms with E-state index in [-0.39, 0.29) is 6.04 Å². The molecule has 2 aromatic carbocycles. The third kappa shape index (κ3) is 2.63. The van der Waals surface area contributed by atoms with Crippen LogP contribution in [-0.4, -0.2) is 11.7 Å². The molecule has 2 aromatic rings. The molecule has 104 valence electrons. The van der Waals surface area contributed by atoms with E-state index in [1.807, 2.05) is 24.3 Å². The number of hydrogen-bond acceptors (Lipinski definition) is 2. The minimum absolute atomic E-state index is 0.0759. The molecule has 2 unspecified atom stereocenters. The Morgan fingerprint density at radius 1 is 1.25 bits per heavy atom. The van der Waals surface area contributed by atoms with Crippen molar-refractivity contribution in [3.05, 3.63) is 68.7 Å². The second-order valence-electron chi connectivity index (χ2n) is 5.00. The van der Waals surface area contributed by atoms with E-state index in [4.69, 9.17) is 11.6 Å². The molecule has 0 saturated carbocycles. The van der Waals surface area contributed by atoms with Crippen LogP contribution in [0.2, 0.25) is 5.02 Å². The van der Waals surface area contributed by atoms with Gasteiger partial charge in [0.25, 0.3) is 0 Å². The van der Waals surface area contributed by atoms with E-state index in [1.165, 1.54) is 11.1 Å². The molecule has 0 spiro atoms. The molecule has 2 N–H and O–H groups in total. The van der Waals surface area contributed by atoms with Gasteiger partial charge < -0.3 is 10.4 Å². The Kier molecular flexibility index (Phi) is 4.13. The Bertz CT molecular complexity index is 632. The third-order valence-electron chi connectivity index (χ3n) is 3.75. The Morgan fingerprint density at radius 3 is 2.85 bits per heavy atom. The Labute approximate surface area is 131 Å². The standard InChI is InChI=1S/C16H15BrClNO/c17-13-9-11(5-6-14(13)18)16(20)15-12-4-2-1-3-10(12)7-8-19-15/h1-6,9,15-16,19-20H,7-8H2. The monoisotopic (exact) mass is 351 g/mol. The summed E-state index contributed by atoms with van der Waals surface area (Å²) in [6, 6.07) is 13.8. The highest BCUT2D eigenvalue weighted by Crippen LogP contribution is 2.35. The van der Waals surface area contributed by atoms with Crippen LogP contribution in [-0.2, 0) is 6.42 Å². The van der Waals surface area contributed by atoms with Gasteiger partial charge in [0.15, 0.2) is 0 Å². The molecule has 0 bridgehead atoms. The second-order valence-corrected chi connectivity index (χ2v) is 6.26. The van der Waals surface area contributed by atoms with Crippen molar-refractivity contribution in [1.29, 1.82) is 0 Å². The number of rotatable bonds is 2. The van der Waals surface area contributed by atoms with Gasteiger partial charge in [-0.05, 0) is 57.7 Å². The van der Waals surface area contributed by atoms with Crippen molar-refractivity contribution in [2.45, 2.75) is 18.6 Å². The van der Waals surface area contributed by atoms with Gasteiger partial charge in [-0.15, -0.1) is 0 Å². The van der Waals surface area contributed by atoms with E-state index >= 15 is 0 Å². The van der Waals surface area contributed by atoms with Gasteiger partial charge >= 0.3 is 0 Å². The molecule has 0 fully saturated rings. The number of nitrogens with one attached hydrogen (secondary N) is 1. The molecule has 4 heteroatoms. The molecule has 1 heterocycles. The first-order valence-corrected chi connectivity index (χ1v) is 7.78. The lowest BCUT2D eigenvalue weighted by Gasteiger charge is -2.31. The SMILES string of the molecule is OC(c1ccc(Cl)c(Br)c1)C1NCCc2ccccc21. The minimum atomic E-state index is -0.593. The van der Waals surface area contributed by atoms with E-state index in [9.17, 15) is 5.11 Å². The molecule has 0 amide bonds. The average molecular weight is 353 g/mol. The van der Waals surface area contributed by atoms with Crippen molar-refractivity contribution in [3.8, 4) is 0 Å². The first-order chi connectivity index (χ1) is 9.66. The zero-order valence-electron chi connectivity index (χ0n) is 10.8. The van der Waals surface area contributed by atoms with Gasteiger partial charge in [0.05, 0.1) is 17.2 Å². The summed E-state index contributed by atoms with van der Waals surface area (Å²) < 4.78 is 0.805. The molecule has 20 heavy (non-hydrogen) atoms. The van der Waals surface area contributed by atoms with E-state index in [2.05, 4.69) is 33.4 Å². The van der Waals surface area contributed by atoms with Crippen molar-refractivity contribution < 1.29 is 5.11 Å². The lowest BCUT2D eigenvalue weighted by molar-refractivity contribution is 0.125. The van der Waals surface area contributed by atoms with Crippen LogP contribution < -0.4 is 5.32 Å². The fraction of sp³-hybridized carbons (Fsp3) is 0.250. The summed E-state index contributed by atoms with van der Waals surface area (Å²) in [6.07, 6.45) is 0.411. The molecule has 1 aliphatic rings. The summed E-state index contributed by atoms with van der Waals surface area (Å²) in [6.45, 7) is 0.882. The maximum Gasteiger partial charge on any atom is 0.0985 e. The van der Waals surface area contributed by atoms with Gasteiger partial charge in [-0.25, -0.2) is 0 Å². The maximum atomic E-state index is 10.7. The van der Waals surface area contributed by atoms with Crippen LogP contribution in [0.3, 0.4) is 0 Å². The predicted octanol–water partition coefficient (Wildman–Crippen LogP) is 4.02. The van der Waals surface area contributed by atoms with Crippen molar-refractivity contribution in [1.82, 2.24) is 5.32 Å². The topological polar surface area (TPSA) is 32.3 Å². The highest BCUT2D eigenvalue weighted by molar-refractivity contribution is 9.10. The fourth-order valence-corrected chi connectivity index (χ4v) is 3.22. The Balaban J connectivity index is 1.95. The van der Waals surface area contributed by atoms with Crippen LogP contribution in [0.4, 0.5) is 0 Å². The van der Waals surface area contributed by atoms with Crippen LogP contribution in [0, 0.1) is 0 Å². The van der Waals surface area contributed by atoms with Crippen molar-refractivity contribution in [2.24, 2.45) is 0 Å². The highest BCUT2D eigenvalue weighted by atomic mass is 79.9. The van der Waals surface area contributed by atoms with Gasteiger partial charge in [-0.3, -0.25) is 0 Å². The van der Waals surface area contributed by atoms with Crippen LogP contribution in [0.15, 0.2) is 46.9 Å². The summed E-state index contributed by atoms with van der Waals surface area (Å²) in [5.41, 5.74) is 3.34. The summed E-state index contributed by atoms with van der Waals surface area (Å²) in [4.78, 5) is 0. The number of fused-ring (bicyclic) bond motifs is 1. The van der Waals surface area contributed by atoms with Crippen molar-refractivity contribution >= 4 is 27.5 Å². The Morgan fingerprint density at radius 2 is 2.05 bits per heavy atom. The van der Waals surface area contributed by atoms with Gasteiger partial charge in [0.2, 0.25) is 0 Å². The zero-order chi connectivity index (χ0) is 14.1. The first-order valence-electron chi connectivity index (χ1n) is 6.61. The molecular weight excluding hydrogens is 338 g/mol. The summed E-state index contributed by atoms with van der Waals surface area (Å²) in [5.74, 6) is 0. The number of benzene rings is 2. The lowest BCUT2D eigenvalue weighted by Crippen LogP contribution is -2.33. The number of hydrogen-bond donors (Lipinski definition) is 2. The fourth-order valence-electron chi connectivity index (χ4n) is 2.71. The average Bonchev–Trinajstić information content (AvgIpc) is 2.49. The van der Waals surface area contributed by atoms with E-state index in [0.29, 0.717) is 5.02 Å². The van der Waals surface area contributed by atoms with Crippen LogP contribution in [0.1, 0.15) is 28.8 Å². The largest absolute Gasteiger partial charge is 0.386 e. The molecule has 0 aromatic heterocycles. The first kappa shape index (κ1) is 14.1. The summed E-state index contributed by atoms with van der Waals surface area (Å²) in [5, 5.41) is 14.7. The Hall–Kier alpha value is -0.870. The summed E-state index contributed by atoms with van der Waals surface area (Å²) in [7, 11) is 0. The second kappa shape index (κ2) is 5.86. The quantitative estimate of drug-likeness (QED) is 0.855. The van der Waals surface area contributed by atoms with Crippen molar-refractivity contribution in [2.75, 3.05) is 6.54 Å². The highest BCUT2D eigenvalue weighted by Gasteiger charge is 2.27. The molecule has 0 radical (unpaired) electrons. The van der Waals surface area contributed by atoms with Gasteiger partial charge in [-0.2, -0.15) is 0 Å². The van der Waals surface area contributed by atoms with E-state index in [0.717, 1.165) is 23.0 Å². The maximum absolute atomic E-state index is 10.7. The normalized spacial score (nSPS) is 19.4. The van der Waals surface area contributed by atoms with Gasteiger partial charge in [0.1, 0.15) is 0 Å². The molecular formula is C16H15BrClNO. The van der Waals surface area contributed by atoms with Crippen LogP contribution >= 0.6 is 27.5 Å². The smallest absolute Gasteiger partial charge is 0.0985 e.